The zero-order valence-electron chi connectivity index (χ0n) is 13.9. The SMILES string of the molecule is Cn1nc(-c2ccccc2F)cc1C(=O)N1CCc2ccccc2C1. The van der Waals surface area contributed by atoms with Gasteiger partial charge in [0.05, 0.1) is 5.69 Å². The van der Waals surface area contributed by atoms with Crippen molar-refractivity contribution < 1.29 is 9.18 Å². The fourth-order valence-electron chi connectivity index (χ4n) is 3.30. The molecule has 1 aromatic heterocycles. The number of amides is 1. The van der Waals surface area contributed by atoms with Crippen molar-refractivity contribution in [3.63, 3.8) is 0 Å². The number of aryl methyl sites for hydroxylation is 1. The number of carbonyl (C=O) groups excluding carboxylic acids is 1. The molecule has 0 saturated carbocycles. The minimum atomic E-state index is -0.341. The molecule has 126 valence electrons. The van der Waals surface area contributed by atoms with Gasteiger partial charge in [-0.2, -0.15) is 5.10 Å². The van der Waals surface area contributed by atoms with Gasteiger partial charge in [-0.3, -0.25) is 9.48 Å². The van der Waals surface area contributed by atoms with Crippen molar-refractivity contribution >= 4 is 5.91 Å². The van der Waals surface area contributed by atoms with Crippen molar-refractivity contribution in [2.45, 2.75) is 13.0 Å². The predicted octanol–water partition coefficient (Wildman–Crippen LogP) is 3.42. The van der Waals surface area contributed by atoms with E-state index < -0.39 is 0 Å². The van der Waals surface area contributed by atoms with Gasteiger partial charge in [0.25, 0.3) is 5.91 Å². The lowest BCUT2D eigenvalue weighted by Gasteiger charge is -2.28. The van der Waals surface area contributed by atoms with E-state index in [1.165, 1.54) is 21.9 Å². The van der Waals surface area contributed by atoms with E-state index >= 15 is 0 Å². The molecule has 25 heavy (non-hydrogen) atoms. The van der Waals surface area contributed by atoms with Crippen LogP contribution in [0.1, 0.15) is 21.6 Å². The Morgan fingerprint density at radius 3 is 2.60 bits per heavy atom. The summed E-state index contributed by atoms with van der Waals surface area (Å²) in [6.07, 6.45) is 0.847. The van der Waals surface area contributed by atoms with Gasteiger partial charge < -0.3 is 4.90 Å². The van der Waals surface area contributed by atoms with Gasteiger partial charge in [0.1, 0.15) is 11.5 Å². The molecule has 5 heteroatoms. The Morgan fingerprint density at radius 2 is 1.80 bits per heavy atom. The minimum Gasteiger partial charge on any atom is -0.333 e. The first-order valence-corrected chi connectivity index (χ1v) is 8.28. The van der Waals surface area contributed by atoms with Gasteiger partial charge in [0.15, 0.2) is 0 Å². The maximum atomic E-state index is 14.0. The van der Waals surface area contributed by atoms with Crippen molar-refractivity contribution in [1.29, 1.82) is 0 Å². The molecule has 0 unspecified atom stereocenters. The Bertz CT molecular complexity index is 948. The first-order chi connectivity index (χ1) is 12.1. The maximum Gasteiger partial charge on any atom is 0.272 e. The van der Waals surface area contributed by atoms with Crippen LogP contribution in [-0.4, -0.2) is 27.1 Å². The molecule has 4 nitrogen and oxygen atoms in total. The van der Waals surface area contributed by atoms with E-state index in [1.807, 2.05) is 17.0 Å². The summed E-state index contributed by atoms with van der Waals surface area (Å²) >= 11 is 0. The van der Waals surface area contributed by atoms with Crippen molar-refractivity contribution in [2.24, 2.45) is 7.05 Å². The Labute approximate surface area is 145 Å². The lowest BCUT2D eigenvalue weighted by Crippen LogP contribution is -2.36. The van der Waals surface area contributed by atoms with Crippen LogP contribution in [0.2, 0.25) is 0 Å². The van der Waals surface area contributed by atoms with Crippen LogP contribution in [0.3, 0.4) is 0 Å². The van der Waals surface area contributed by atoms with E-state index in [2.05, 4.69) is 17.2 Å². The highest BCUT2D eigenvalue weighted by molar-refractivity contribution is 5.94. The van der Waals surface area contributed by atoms with E-state index in [-0.39, 0.29) is 11.7 Å². The smallest absolute Gasteiger partial charge is 0.272 e. The molecule has 1 aliphatic rings. The molecule has 2 aromatic carbocycles. The van der Waals surface area contributed by atoms with E-state index in [4.69, 9.17) is 0 Å². The molecule has 1 aliphatic heterocycles. The highest BCUT2D eigenvalue weighted by atomic mass is 19.1. The van der Waals surface area contributed by atoms with Crippen LogP contribution < -0.4 is 0 Å². The van der Waals surface area contributed by atoms with E-state index in [9.17, 15) is 9.18 Å². The van der Waals surface area contributed by atoms with E-state index in [0.717, 1.165) is 6.42 Å². The first kappa shape index (κ1) is 15.6. The zero-order valence-corrected chi connectivity index (χ0v) is 13.9. The molecule has 0 aliphatic carbocycles. The molecule has 0 atom stereocenters. The monoisotopic (exact) mass is 335 g/mol. The van der Waals surface area contributed by atoms with Crippen molar-refractivity contribution in [2.75, 3.05) is 6.54 Å². The Kier molecular flexibility index (Phi) is 3.84. The fraction of sp³-hybridized carbons (Fsp3) is 0.200. The molecule has 4 rings (SSSR count). The van der Waals surface area contributed by atoms with Crippen LogP contribution in [0.5, 0.6) is 0 Å². The number of fused-ring (bicyclic) bond motifs is 1. The molecule has 3 aromatic rings. The van der Waals surface area contributed by atoms with Gasteiger partial charge >= 0.3 is 0 Å². The average molecular weight is 335 g/mol. The third-order valence-electron chi connectivity index (χ3n) is 4.67. The summed E-state index contributed by atoms with van der Waals surface area (Å²) in [4.78, 5) is 14.8. The third kappa shape index (κ3) is 2.82. The summed E-state index contributed by atoms with van der Waals surface area (Å²) in [5.74, 6) is -0.418. The van der Waals surface area contributed by atoms with E-state index in [1.54, 1.807) is 31.3 Å². The second-order valence-electron chi connectivity index (χ2n) is 6.26. The quantitative estimate of drug-likeness (QED) is 0.720. The average Bonchev–Trinajstić information content (AvgIpc) is 3.02. The van der Waals surface area contributed by atoms with Crippen LogP contribution in [0.15, 0.2) is 54.6 Å². The summed E-state index contributed by atoms with van der Waals surface area (Å²) in [6.45, 7) is 1.27. The summed E-state index contributed by atoms with van der Waals surface area (Å²) in [5, 5.41) is 4.33. The van der Waals surface area contributed by atoms with Gasteiger partial charge in [-0.25, -0.2) is 4.39 Å². The van der Waals surface area contributed by atoms with Crippen molar-refractivity contribution in [3.8, 4) is 11.3 Å². The Balaban J connectivity index is 1.63. The zero-order chi connectivity index (χ0) is 17.4. The third-order valence-corrected chi connectivity index (χ3v) is 4.67. The molecular formula is C20H18FN3O. The normalized spacial score (nSPS) is 13.6. The van der Waals surface area contributed by atoms with Gasteiger partial charge in [-0.05, 0) is 35.7 Å². The molecule has 0 radical (unpaired) electrons. The largest absolute Gasteiger partial charge is 0.333 e. The second kappa shape index (κ2) is 6.16. The van der Waals surface area contributed by atoms with Gasteiger partial charge in [-0.15, -0.1) is 0 Å². The molecular weight excluding hydrogens is 317 g/mol. The van der Waals surface area contributed by atoms with Crippen molar-refractivity contribution in [1.82, 2.24) is 14.7 Å². The van der Waals surface area contributed by atoms with Crippen LogP contribution >= 0.6 is 0 Å². The number of carbonyl (C=O) groups is 1. The summed E-state index contributed by atoms with van der Waals surface area (Å²) in [5.41, 5.74) is 3.82. The number of rotatable bonds is 2. The van der Waals surface area contributed by atoms with Gasteiger partial charge in [0, 0.05) is 25.7 Å². The first-order valence-electron chi connectivity index (χ1n) is 8.28. The molecule has 0 fully saturated rings. The Morgan fingerprint density at radius 1 is 1.08 bits per heavy atom. The lowest BCUT2D eigenvalue weighted by atomic mass is 10.00. The van der Waals surface area contributed by atoms with Gasteiger partial charge in [-0.1, -0.05) is 36.4 Å². The van der Waals surface area contributed by atoms with Crippen molar-refractivity contribution in [3.05, 3.63) is 77.2 Å². The number of nitrogens with zero attached hydrogens (tertiary/aromatic N) is 3. The summed E-state index contributed by atoms with van der Waals surface area (Å²) in [6, 6.07) is 16.3. The van der Waals surface area contributed by atoms with Crippen LogP contribution in [0.25, 0.3) is 11.3 Å². The van der Waals surface area contributed by atoms with Crippen LogP contribution in [0.4, 0.5) is 4.39 Å². The topological polar surface area (TPSA) is 38.1 Å². The maximum absolute atomic E-state index is 14.0. The number of hydrogen-bond donors (Lipinski definition) is 0. The highest BCUT2D eigenvalue weighted by Gasteiger charge is 2.24. The molecule has 0 N–H and O–H groups in total. The molecule has 0 saturated heterocycles. The number of benzene rings is 2. The standard InChI is InChI=1S/C20H18FN3O/c1-23-19(12-18(22-23)16-8-4-5-9-17(16)21)20(25)24-11-10-14-6-2-3-7-15(14)13-24/h2-9,12H,10-11,13H2,1H3. The second-order valence-corrected chi connectivity index (χ2v) is 6.26. The summed E-state index contributed by atoms with van der Waals surface area (Å²) in [7, 11) is 1.72. The molecule has 1 amide bonds. The molecule has 0 spiro atoms. The van der Waals surface area contributed by atoms with E-state index in [0.29, 0.717) is 30.0 Å². The Hall–Kier alpha value is -2.95. The summed E-state index contributed by atoms with van der Waals surface area (Å²) < 4.78 is 15.5. The predicted molar refractivity (Wildman–Crippen MR) is 93.5 cm³/mol. The fourth-order valence-corrected chi connectivity index (χ4v) is 3.30. The van der Waals surface area contributed by atoms with Crippen LogP contribution in [-0.2, 0) is 20.0 Å². The number of hydrogen-bond acceptors (Lipinski definition) is 2. The molecule has 2 heterocycles. The molecule has 0 bridgehead atoms. The van der Waals surface area contributed by atoms with Crippen LogP contribution in [0, 0.1) is 5.82 Å². The highest BCUT2D eigenvalue weighted by Crippen LogP contribution is 2.24. The number of aromatic nitrogens is 2. The number of halogens is 1. The lowest BCUT2D eigenvalue weighted by molar-refractivity contribution is 0.0723. The minimum absolute atomic E-state index is 0.0768. The van der Waals surface area contributed by atoms with Gasteiger partial charge in [0.2, 0.25) is 0 Å².